The van der Waals surface area contributed by atoms with Gasteiger partial charge in [0.2, 0.25) is 0 Å². The second-order valence-electron chi connectivity index (χ2n) is 5.15. The molecule has 1 fully saturated rings. The van der Waals surface area contributed by atoms with Crippen molar-refractivity contribution >= 4 is 9.04 Å². The molecule has 0 amide bonds. The number of hydrogen-bond acceptors (Lipinski definition) is 1. The lowest BCUT2D eigenvalue weighted by atomic mass is 9.91. The van der Waals surface area contributed by atoms with Crippen LogP contribution in [0.4, 0.5) is 0 Å². The molecule has 2 aliphatic rings. The molecule has 0 aromatic heterocycles. The van der Waals surface area contributed by atoms with Crippen LogP contribution in [0.15, 0.2) is 11.6 Å². The van der Waals surface area contributed by atoms with Crippen molar-refractivity contribution in [2.45, 2.75) is 57.5 Å². The van der Waals surface area contributed by atoms with Gasteiger partial charge in [-0.25, -0.2) is 0 Å². The molecular formula is C13H24OSi. The van der Waals surface area contributed by atoms with Crippen molar-refractivity contribution < 1.29 is 4.43 Å². The van der Waals surface area contributed by atoms with Crippen LogP contribution in [0.1, 0.15) is 45.4 Å². The Balaban J connectivity index is 1.79. The van der Waals surface area contributed by atoms with Crippen LogP contribution < -0.4 is 0 Å². The van der Waals surface area contributed by atoms with Crippen molar-refractivity contribution in [3.63, 3.8) is 0 Å². The molecule has 0 saturated carbocycles. The molecule has 0 N–H and O–H groups in total. The fourth-order valence-electron chi connectivity index (χ4n) is 2.85. The number of rotatable bonds is 3. The van der Waals surface area contributed by atoms with Crippen molar-refractivity contribution in [1.29, 1.82) is 0 Å². The van der Waals surface area contributed by atoms with Crippen molar-refractivity contribution in [2.75, 3.05) is 6.61 Å². The van der Waals surface area contributed by atoms with E-state index in [4.69, 9.17) is 4.43 Å². The van der Waals surface area contributed by atoms with Crippen molar-refractivity contribution in [2.24, 2.45) is 5.92 Å². The lowest BCUT2D eigenvalue weighted by Crippen LogP contribution is -2.25. The number of allylic oxidation sites excluding steroid dienone is 2. The highest BCUT2D eigenvalue weighted by atomic mass is 28.3. The van der Waals surface area contributed by atoms with Gasteiger partial charge >= 0.3 is 0 Å². The zero-order valence-electron chi connectivity index (χ0n) is 10.0. The molecule has 1 aliphatic heterocycles. The SMILES string of the molecule is CC(C[SiH]1CCCCO1)C1=CCCCC1. The van der Waals surface area contributed by atoms with Gasteiger partial charge in [0.05, 0.1) is 0 Å². The normalized spacial score (nSPS) is 29.7. The smallest absolute Gasteiger partial charge is 0.177 e. The third-order valence-corrected chi connectivity index (χ3v) is 6.84. The Bertz CT molecular complexity index is 219. The molecule has 86 valence electrons. The number of hydrogen-bond donors (Lipinski definition) is 0. The zero-order valence-corrected chi connectivity index (χ0v) is 11.2. The minimum absolute atomic E-state index is 0.796. The first-order valence-corrected chi connectivity index (χ1v) is 8.77. The van der Waals surface area contributed by atoms with Crippen LogP contribution in [0.5, 0.6) is 0 Å². The highest BCUT2D eigenvalue weighted by molar-refractivity contribution is 6.52. The van der Waals surface area contributed by atoms with Gasteiger partial charge < -0.3 is 4.43 Å². The summed E-state index contributed by atoms with van der Waals surface area (Å²) in [6.07, 6.45) is 10.8. The molecule has 1 saturated heterocycles. The predicted octanol–water partition coefficient (Wildman–Crippen LogP) is 3.66. The largest absolute Gasteiger partial charge is 0.420 e. The third kappa shape index (κ3) is 3.46. The van der Waals surface area contributed by atoms with Crippen LogP contribution >= 0.6 is 0 Å². The first kappa shape index (κ1) is 11.4. The van der Waals surface area contributed by atoms with Crippen LogP contribution in [0, 0.1) is 5.92 Å². The molecule has 1 nitrogen and oxygen atoms in total. The topological polar surface area (TPSA) is 9.23 Å². The Morgan fingerprint density at radius 3 is 2.93 bits per heavy atom. The average Bonchev–Trinajstić information content (AvgIpc) is 2.31. The molecule has 0 aromatic carbocycles. The van der Waals surface area contributed by atoms with Gasteiger partial charge in [0.25, 0.3) is 0 Å². The van der Waals surface area contributed by atoms with Gasteiger partial charge in [0.1, 0.15) is 0 Å². The predicted molar refractivity (Wildman–Crippen MR) is 67.7 cm³/mol. The molecule has 0 spiro atoms. The molecule has 15 heavy (non-hydrogen) atoms. The van der Waals surface area contributed by atoms with Gasteiger partial charge in [0.15, 0.2) is 9.04 Å². The van der Waals surface area contributed by atoms with E-state index in [1.165, 1.54) is 50.6 Å². The maximum Gasteiger partial charge on any atom is 0.177 e. The summed E-state index contributed by atoms with van der Waals surface area (Å²) in [5.41, 5.74) is 1.74. The minimum Gasteiger partial charge on any atom is -0.420 e. The fraction of sp³-hybridized carbons (Fsp3) is 0.846. The molecule has 2 rings (SSSR count). The standard InChI is InChI=1S/C13H24OSi/c1-12(13-7-3-2-4-8-13)11-15-10-6-5-9-14-15/h7,12,15H,2-6,8-11H2,1H3. The Kier molecular flexibility index (Phi) is 4.45. The summed E-state index contributed by atoms with van der Waals surface area (Å²) in [7, 11) is -0.796. The summed E-state index contributed by atoms with van der Waals surface area (Å²) < 4.78 is 5.95. The van der Waals surface area contributed by atoms with E-state index >= 15 is 0 Å². The monoisotopic (exact) mass is 224 g/mol. The minimum atomic E-state index is -0.796. The van der Waals surface area contributed by atoms with Crippen LogP contribution in [0.2, 0.25) is 12.1 Å². The highest BCUT2D eigenvalue weighted by Crippen LogP contribution is 2.29. The summed E-state index contributed by atoms with van der Waals surface area (Å²) >= 11 is 0. The van der Waals surface area contributed by atoms with E-state index in [9.17, 15) is 0 Å². The first-order valence-electron chi connectivity index (χ1n) is 6.67. The Morgan fingerprint density at radius 1 is 1.33 bits per heavy atom. The molecule has 2 unspecified atom stereocenters. The Labute approximate surface area is 95.6 Å². The quantitative estimate of drug-likeness (QED) is 0.525. The Hall–Kier alpha value is -0.0831. The first-order chi connectivity index (χ1) is 7.36. The third-order valence-electron chi connectivity index (χ3n) is 3.85. The molecule has 2 heteroatoms. The summed E-state index contributed by atoms with van der Waals surface area (Å²) in [6, 6.07) is 2.82. The molecule has 0 bridgehead atoms. The second kappa shape index (κ2) is 5.85. The summed E-state index contributed by atoms with van der Waals surface area (Å²) in [5.74, 6) is 0.820. The lowest BCUT2D eigenvalue weighted by molar-refractivity contribution is 0.283. The maximum atomic E-state index is 5.95. The average molecular weight is 224 g/mol. The molecule has 1 heterocycles. The lowest BCUT2D eigenvalue weighted by Gasteiger charge is -2.26. The highest BCUT2D eigenvalue weighted by Gasteiger charge is 2.21. The van der Waals surface area contributed by atoms with Crippen LogP contribution in [-0.2, 0) is 4.43 Å². The van der Waals surface area contributed by atoms with Crippen molar-refractivity contribution in [3.05, 3.63) is 11.6 Å². The molecular weight excluding hydrogens is 200 g/mol. The van der Waals surface area contributed by atoms with Gasteiger partial charge in [-0.2, -0.15) is 0 Å². The van der Waals surface area contributed by atoms with Crippen LogP contribution in [0.3, 0.4) is 0 Å². The molecule has 1 aliphatic carbocycles. The van der Waals surface area contributed by atoms with Crippen molar-refractivity contribution in [3.8, 4) is 0 Å². The van der Waals surface area contributed by atoms with Gasteiger partial charge in [-0.3, -0.25) is 0 Å². The van der Waals surface area contributed by atoms with Crippen LogP contribution in [-0.4, -0.2) is 15.6 Å². The Morgan fingerprint density at radius 2 is 2.27 bits per heavy atom. The zero-order chi connectivity index (χ0) is 10.5. The van der Waals surface area contributed by atoms with Gasteiger partial charge in [0, 0.05) is 6.61 Å². The second-order valence-corrected chi connectivity index (χ2v) is 7.78. The maximum absolute atomic E-state index is 5.95. The van der Waals surface area contributed by atoms with Gasteiger partial charge in [-0.05, 0) is 50.1 Å². The van der Waals surface area contributed by atoms with E-state index in [1.54, 1.807) is 5.57 Å². The fourth-order valence-corrected chi connectivity index (χ4v) is 5.72. The van der Waals surface area contributed by atoms with Gasteiger partial charge in [-0.15, -0.1) is 0 Å². The summed E-state index contributed by atoms with van der Waals surface area (Å²) in [5, 5.41) is 0. The van der Waals surface area contributed by atoms with E-state index in [-0.39, 0.29) is 0 Å². The van der Waals surface area contributed by atoms with Crippen LogP contribution in [0.25, 0.3) is 0 Å². The summed E-state index contributed by atoms with van der Waals surface area (Å²) in [6.45, 7) is 3.48. The van der Waals surface area contributed by atoms with Crippen molar-refractivity contribution in [1.82, 2.24) is 0 Å². The van der Waals surface area contributed by atoms with E-state index in [1.807, 2.05) is 0 Å². The molecule has 0 aromatic rings. The van der Waals surface area contributed by atoms with E-state index in [0.29, 0.717) is 0 Å². The molecule has 0 radical (unpaired) electrons. The van der Waals surface area contributed by atoms with Gasteiger partial charge in [-0.1, -0.05) is 25.0 Å². The summed E-state index contributed by atoms with van der Waals surface area (Å²) in [4.78, 5) is 0. The van der Waals surface area contributed by atoms with E-state index < -0.39 is 9.04 Å². The van der Waals surface area contributed by atoms with E-state index in [2.05, 4.69) is 13.0 Å². The molecule has 2 atom stereocenters. The van der Waals surface area contributed by atoms with E-state index in [0.717, 1.165) is 12.5 Å².